The molecule has 0 rings (SSSR count). The van der Waals surface area contributed by atoms with Gasteiger partial charge in [-0.2, -0.15) is 0 Å². The molecular weight excluding hydrogens is 115 g/mol. The molecule has 2 atom stereocenters. The van der Waals surface area contributed by atoms with E-state index in [0.717, 1.165) is 5.66 Å². The van der Waals surface area contributed by atoms with Crippen LogP contribution < -0.4 is 0 Å². The lowest BCUT2D eigenvalue weighted by Gasteiger charge is -1.96. The topological polar surface area (TPSA) is 0 Å². The van der Waals surface area contributed by atoms with Crippen LogP contribution in [0.25, 0.3) is 0 Å². The molecule has 0 amide bonds. The molecule has 0 N–H and O–H groups in total. The molecule has 0 heterocycles. The van der Waals surface area contributed by atoms with Crippen molar-refractivity contribution in [3.63, 3.8) is 0 Å². The molecule has 0 aromatic heterocycles. The van der Waals surface area contributed by atoms with Crippen LogP contribution in [-0.2, 0) is 0 Å². The zero-order valence-corrected chi connectivity index (χ0v) is 7.53. The van der Waals surface area contributed by atoms with E-state index in [4.69, 9.17) is 0 Å². The van der Waals surface area contributed by atoms with E-state index in [9.17, 15) is 0 Å². The summed E-state index contributed by atoms with van der Waals surface area (Å²) in [5, 5.41) is 0. The molecule has 0 aliphatic carbocycles. The van der Waals surface area contributed by atoms with Crippen molar-refractivity contribution in [3.05, 3.63) is 0 Å². The van der Waals surface area contributed by atoms with Crippen LogP contribution in [0.1, 0.15) is 39.5 Å². The fraction of sp³-hybridized carbons (Fsp3) is 1.00. The zero-order valence-electron chi connectivity index (χ0n) is 6.11. The first kappa shape index (κ1) is 8.43. The summed E-state index contributed by atoms with van der Waals surface area (Å²) in [5.41, 5.74) is 0.932. The quantitative estimate of drug-likeness (QED) is 0.408. The van der Waals surface area contributed by atoms with Gasteiger partial charge < -0.3 is 0 Å². The Kier molecular flexibility index (Phi) is 5.86. The largest absolute Gasteiger partial charge is 0.0654 e. The molecule has 0 fully saturated rings. The summed E-state index contributed by atoms with van der Waals surface area (Å²) in [6.45, 7) is 4.55. The third kappa shape index (κ3) is 6.43. The van der Waals surface area contributed by atoms with Crippen LogP contribution in [0.15, 0.2) is 0 Å². The molecule has 0 aromatic carbocycles. The van der Waals surface area contributed by atoms with Crippen LogP contribution in [0.2, 0.25) is 0 Å². The maximum absolute atomic E-state index is 2.30. The van der Waals surface area contributed by atoms with Gasteiger partial charge in [0.2, 0.25) is 0 Å². The Morgan fingerprint density at radius 1 is 1.38 bits per heavy atom. The van der Waals surface area contributed by atoms with Crippen LogP contribution in [0.3, 0.4) is 0 Å². The Morgan fingerprint density at radius 3 is 2.38 bits per heavy atom. The third-order valence-electron chi connectivity index (χ3n) is 1.30. The van der Waals surface area contributed by atoms with Crippen molar-refractivity contribution >= 4 is 9.24 Å². The standard InChI is InChI=1S/C7H17P/c1-3-4-5-6-7(2)8/h7H,3-6,8H2,1-2H3/p+1. The normalized spacial score (nSPS) is 14.2. The first-order valence-electron chi connectivity index (χ1n) is 3.60. The molecule has 0 aliphatic rings. The van der Waals surface area contributed by atoms with Gasteiger partial charge in [0.05, 0.1) is 5.66 Å². The first-order chi connectivity index (χ1) is 3.77. The minimum absolute atomic E-state index is 0.932. The number of rotatable bonds is 4. The first-order valence-corrected chi connectivity index (χ1v) is 4.42. The van der Waals surface area contributed by atoms with Crippen molar-refractivity contribution in [2.24, 2.45) is 0 Å². The van der Waals surface area contributed by atoms with Gasteiger partial charge in [-0.05, 0) is 29.0 Å². The van der Waals surface area contributed by atoms with E-state index in [1.54, 1.807) is 0 Å². The second kappa shape index (κ2) is 5.56. The molecule has 0 nitrogen and oxygen atoms in total. The van der Waals surface area contributed by atoms with Crippen LogP contribution >= 0.6 is 9.24 Å². The van der Waals surface area contributed by atoms with Crippen LogP contribution in [-0.4, -0.2) is 5.66 Å². The number of unbranched alkanes of at least 4 members (excludes halogenated alkanes) is 2. The Hall–Kier alpha value is 0.430. The molecule has 0 spiro atoms. The van der Waals surface area contributed by atoms with Crippen LogP contribution in [0, 0.1) is 0 Å². The summed E-state index contributed by atoms with van der Waals surface area (Å²) < 4.78 is 0. The molecule has 2 unspecified atom stereocenters. The van der Waals surface area contributed by atoms with Crippen molar-refractivity contribution in [2.45, 2.75) is 45.2 Å². The summed E-state index contributed by atoms with van der Waals surface area (Å²) in [7, 11) is 2.11. The number of hydrogen-bond donors (Lipinski definition) is 0. The summed E-state index contributed by atoms with van der Waals surface area (Å²) in [6, 6.07) is 0. The maximum Gasteiger partial charge on any atom is 0.0602 e. The molecule has 0 aliphatic heterocycles. The maximum atomic E-state index is 2.30. The predicted octanol–water partition coefficient (Wildman–Crippen LogP) is 2.56. The monoisotopic (exact) mass is 133 g/mol. The highest BCUT2D eigenvalue weighted by atomic mass is 31.0. The minimum atomic E-state index is 0.932. The van der Waals surface area contributed by atoms with Gasteiger partial charge in [-0.15, -0.1) is 0 Å². The second-order valence-electron chi connectivity index (χ2n) is 2.60. The lowest BCUT2D eigenvalue weighted by molar-refractivity contribution is 0.664. The molecule has 0 saturated heterocycles. The summed E-state index contributed by atoms with van der Waals surface area (Å²) in [4.78, 5) is 0. The van der Waals surface area contributed by atoms with Gasteiger partial charge in [0.1, 0.15) is 0 Å². The zero-order chi connectivity index (χ0) is 6.41. The molecule has 0 saturated carbocycles. The van der Waals surface area contributed by atoms with E-state index in [1.165, 1.54) is 25.7 Å². The average Bonchev–Trinajstić information content (AvgIpc) is 1.66. The van der Waals surface area contributed by atoms with Gasteiger partial charge in [0, 0.05) is 0 Å². The lowest BCUT2D eigenvalue weighted by atomic mass is 10.2. The highest BCUT2D eigenvalue weighted by Gasteiger charge is 1.95. The van der Waals surface area contributed by atoms with E-state index < -0.39 is 0 Å². The lowest BCUT2D eigenvalue weighted by Crippen LogP contribution is -1.87. The SMILES string of the molecule is CCCCCC(C)[PH3+]. The van der Waals surface area contributed by atoms with E-state index in [1.807, 2.05) is 0 Å². The van der Waals surface area contributed by atoms with Gasteiger partial charge in [-0.25, -0.2) is 0 Å². The second-order valence-corrected chi connectivity index (χ2v) is 3.99. The highest BCUT2D eigenvalue weighted by molar-refractivity contribution is 7.17. The summed E-state index contributed by atoms with van der Waals surface area (Å²) >= 11 is 0. The van der Waals surface area contributed by atoms with E-state index >= 15 is 0 Å². The fourth-order valence-electron chi connectivity index (χ4n) is 0.743. The predicted molar refractivity (Wildman–Crippen MR) is 44.7 cm³/mol. The van der Waals surface area contributed by atoms with Crippen LogP contribution in [0.4, 0.5) is 0 Å². The Labute approximate surface area is 55.3 Å². The molecule has 0 aromatic rings. The van der Waals surface area contributed by atoms with Crippen molar-refractivity contribution < 1.29 is 0 Å². The van der Waals surface area contributed by atoms with E-state index in [-0.39, 0.29) is 0 Å². The Balaban J connectivity index is 2.72. The Morgan fingerprint density at radius 2 is 2.00 bits per heavy atom. The van der Waals surface area contributed by atoms with Crippen molar-refractivity contribution in [1.82, 2.24) is 0 Å². The molecular formula is C7H18P+. The summed E-state index contributed by atoms with van der Waals surface area (Å²) in [6.07, 6.45) is 5.63. The van der Waals surface area contributed by atoms with E-state index in [2.05, 4.69) is 23.1 Å². The Bertz CT molecular complexity index is 41.7. The average molecular weight is 133 g/mol. The minimum Gasteiger partial charge on any atom is -0.0654 e. The van der Waals surface area contributed by atoms with Crippen molar-refractivity contribution in [2.75, 3.05) is 0 Å². The van der Waals surface area contributed by atoms with Gasteiger partial charge in [0.25, 0.3) is 0 Å². The van der Waals surface area contributed by atoms with Gasteiger partial charge in [-0.3, -0.25) is 0 Å². The van der Waals surface area contributed by atoms with E-state index in [0.29, 0.717) is 0 Å². The van der Waals surface area contributed by atoms with Crippen LogP contribution in [0.5, 0.6) is 0 Å². The van der Waals surface area contributed by atoms with Gasteiger partial charge >= 0.3 is 0 Å². The van der Waals surface area contributed by atoms with Gasteiger partial charge in [0.15, 0.2) is 0 Å². The fourth-order valence-corrected chi connectivity index (χ4v) is 1.03. The van der Waals surface area contributed by atoms with Crippen molar-refractivity contribution in [3.8, 4) is 0 Å². The van der Waals surface area contributed by atoms with Gasteiger partial charge in [-0.1, -0.05) is 19.8 Å². The molecule has 0 radical (unpaired) electrons. The molecule has 0 bridgehead atoms. The smallest absolute Gasteiger partial charge is 0.0602 e. The molecule has 8 heavy (non-hydrogen) atoms. The van der Waals surface area contributed by atoms with Crippen molar-refractivity contribution in [1.29, 1.82) is 0 Å². The number of hydrogen-bond acceptors (Lipinski definition) is 0. The highest BCUT2D eigenvalue weighted by Crippen LogP contribution is 2.09. The summed E-state index contributed by atoms with van der Waals surface area (Å²) in [5.74, 6) is 0. The third-order valence-corrected chi connectivity index (χ3v) is 1.71. The molecule has 1 heteroatoms. The molecule has 50 valence electrons.